The van der Waals surface area contributed by atoms with Crippen LogP contribution in [0.1, 0.15) is 56.1 Å². The van der Waals surface area contributed by atoms with Crippen molar-refractivity contribution in [2.75, 3.05) is 6.54 Å². The molecule has 1 N–H and O–H groups in total. The van der Waals surface area contributed by atoms with Crippen molar-refractivity contribution in [3.8, 4) is 0 Å². The Morgan fingerprint density at radius 1 is 1.36 bits per heavy atom. The second-order valence-electron chi connectivity index (χ2n) is 6.51. The lowest BCUT2D eigenvalue weighted by atomic mass is 10.0. The summed E-state index contributed by atoms with van der Waals surface area (Å²) in [7, 11) is 0. The number of nitrogens with zero attached hydrogens (tertiary/aromatic N) is 1. The van der Waals surface area contributed by atoms with Gasteiger partial charge in [0.15, 0.2) is 0 Å². The topological polar surface area (TPSA) is 49.4 Å². The molecule has 1 fully saturated rings. The van der Waals surface area contributed by atoms with Crippen molar-refractivity contribution in [2.24, 2.45) is 5.92 Å². The summed E-state index contributed by atoms with van der Waals surface area (Å²) in [6.45, 7) is 7.09. The molecule has 2 heterocycles. The molecule has 2 amide bonds. The number of nitrogens with one attached hydrogen (secondary N) is 1. The second-order valence-corrected chi connectivity index (χ2v) is 7.46. The molecular weight excluding hydrogens is 296 g/mol. The van der Waals surface area contributed by atoms with Crippen molar-refractivity contribution < 1.29 is 9.59 Å². The van der Waals surface area contributed by atoms with Gasteiger partial charge in [-0.05, 0) is 50.0 Å². The summed E-state index contributed by atoms with van der Waals surface area (Å²) >= 11 is 1.43. The van der Waals surface area contributed by atoms with Gasteiger partial charge in [0.05, 0.1) is 4.88 Å². The average Bonchev–Trinajstić information content (AvgIpc) is 3.15. The molecule has 2 atom stereocenters. The van der Waals surface area contributed by atoms with Crippen LogP contribution in [0.4, 0.5) is 0 Å². The maximum atomic E-state index is 12.5. The van der Waals surface area contributed by atoms with Crippen molar-refractivity contribution in [3.63, 3.8) is 0 Å². The van der Waals surface area contributed by atoms with Gasteiger partial charge in [0.25, 0.3) is 5.91 Å². The van der Waals surface area contributed by atoms with Crippen LogP contribution in [0.5, 0.6) is 0 Å². The van der Waals surface area contributed by atoms with Crippen molar-refractivity contribution in [1.29, 1.82) is 0 Å². The zero-order valence-electron chi connectivity index (χ0n) is 13.7. The first-order valence-electron chi connectivity index (χ1n) is 8.14. The predicted octanol–water partition coefficient (Wildman–Crippen LogP) is 3.29. The molecule has 1 aromatic heterocycles. The molecule has 4 nitrogen and oxygen atoms in total. The summed E-state index contributed by atoms with van der Waals surface area (Å²) in [5.41, 5.74) is 0. The van der Waals surface area contributed by atoms with Crippen LogP contribution in [-0.4, -0.2) is 35.3 Å². The highest BCUT2D eigenvalue weighted by Gasteiger charge is 2.35. The molecule has 1 saturated heterocycles. The van der Waals surface area contributed by atoms with E-state index < -0.39 is 0 Å². The molecule has 0 aliphatic carbocycles. The number of thiophene rings is 1. The third-order valence-corrected chi connectivity index (χ3v) is 4.97. The van der Waals surface area contributed by atoms with Crippen LogP contribution in [0.15, 0.2) is 17.5 Å². The van der Waals surface area contributed by atoms with Crippen LogP contribution in [0.2, 0.25) is 0 Å². The van der Waals surface area contributed by atoms with Gasteiger partial charge in [0.1, 0.15) is 6.04 Å². The van der Waals surface area contributed by atoms with E-state index in [0.717, 1.165) is 25.7 Å². The Morgan fingerprint density at radius 3 is 2.77 bits per heavy atom. The minimum absolute atomic E-state index is 0.00124. The molecule has 22 heavy (non-hydrogen) atoms. The van der Waals surface area contributed by atoms with Crippen LogP contribution in [0.25, 0.3) is 0 Å². The van der Waals surface area contributed by atoms with Gasteiger partial charge in [0.2, 0.25) is 5.91 Å². The highest BCUT2D eigenvalue weighted by molar-refractivity contribution is 7.12. The van der Waals surface area contributed by atoms with E-state index >= 15 is 0 Å². The summed E-state index contributed by atoms with van der Waals surface area (Å²) in [5, 5.41) is 4.97. The highest BCUT2D eigenvalue weighted by Crippen LogP contribution is 2.22. The lowest BCUT2D eigenvalue weighted by Crippen LogP contribution is -2.48. The molecular formula is C17H26N2O2S. The van der Waals surface area contributed by atoms with Gasteiger partial charge < -0.3 is 10.2 Å². The Labute approximate surface area is 136 Å². The zero-order valence-corrected chi connectivity index (χ0v) is 14.5. The Balaban J connectivity index is 1.92. The van der Waals surface area contributed by atoms with Crippen LogP contribution in [0, 0.1) is 5.92 Å². The zero-order chi connectivity index (χ0) is 16.1. The lowest BCUT2D eigenvalue weighted by Gasteiger charge is -2.25. The van der Waals surface area contributed by atoms with E-state index in [1.54, 1.807) is 4.90 Å². The summed E-state index contributed by atoms with van der Waals surface area (Å²) in [6.07, 6.45) is 3.74. The summed E-state index contributed by atoms with van der Waals surface area (Å²) in [5.74, 6) is 0.629. The average molecular weight is 322 g/mol. The molecule has 122 valence electrons. The molecule has 1 aliphatic heterocycles. The van der Waals surface area contributed by atoms with E-state index in [-0.39, 0.29) is 23.9 Å². The minimum Gasteiger partial charge on any atom is -0.352 e. The largest absolute Gasteiger partial charge is 0.352 e. The molecule has 2 unspecified atom stereocenters. The summed E-state index contributed by atoms with van der Waals surface area (Å²) < 4.78 is 0. The molecule has 5 heteroatoms. The number of carbonyl (C=O) groups excluding carboxylic acids is 2. The molecule has 0 aromatic carbocycles. The first kappa shape index (κ1) is 17.0. The smallest absolute Gasteiger partial charge is 0.264 e. The first-order chi connectivity index (χ1) is 10.5. The Bertz CT molecular complexity index is 499. The molecule has 0 spiro atoms. The predicted molar refractivity (Wildman–Crippen MR) is 90.1 cm³/mol. The van der Waals surface area contributed by atoms with E-state index in [1.807, 2.05) is 24.4 Å². The van der Waals surface area contributed by atoms with E-state index in [1.165, 1.54) is 11.3 Å². The SMILES string of the molecule is CC(C)CCC(C)NC(=O)C1CCCN1C(=O)c1cccs1. The van der Waals surface area contributed by atoms with Crippen LogP contribution >= 0.6 is 11.3 Å². The van der Waals surface area contributed by atoms with Crippen molar-refractivity contribution in [2.45, 2.75) is 58.5 Å². The quantitative estimate of drug-likeness (QED) is 0.873. The summed E-state index contributed by atoms with van der Waals surface area (Å²) in [4.78, 5) is 27.4. The third kappa shape index (κ3) is 4.32. The van der Waals surface area contributed by atoms with Crippen molar-refractivity contribution in [1.82, 2.24) is 10.2 Å². The lowest BCUT2D eigenvalue weighted by molar-refractivity contribution is -0.125. The van der Waals surface area contributed by atoms with Gasteiger partial charge >= 0.3 is 0 Å². The Morgan fingerprint density at radius 2 is 2.14 bits per heavy atom. The van der Waals surface area contributed by atoms with Crippen molar-refractivity contribution in [3.05, 3.63) is 22.4 Å². The minimum atomic E-state index is -0.309. The van der Waals surface area contributed by atoms with Crippen LogP contribution in [0.3, 0.4) is 0 Å². The Kier molecular flexibility index (Phi) is 6.00. The van der Waals surface area contributed by atoms with Gasteiger partial charge in [-0.15, -0.1) is 11.3 Å². The van der Waals surface area contributed by atoms with E-state index in [0.29, 0.717) is 17.3 Å². The van der Waals surface area contributed by atoms with E-state index in [2.05, 4.69) is 19.2 Å². The normalized spacial score (nSPS) is 19.5. The van der Waals surface area contributed by atoms with Gasteiger partial charge in [-0.25, -0.2) is 0 Å². The molecule has 0 saturated carbocycles. The van der Waals surface area contributed by atoms with Crippen LogP contribution in [-0.2, 0) is 4.79 Å². The molecule has 0 radical (unpaired) electrons. The number of rotatable bonds is 6. The van der Waals surface area contributed by atoms with Gasteiger partial charge in [-0.3, -0.25) is 9.59 Å². The fraction of sp³-hybridized carbons (Fsp3) is 0.647. The molecule has 2 rings (SSSR count). The summed E-state index contributed by atoms with van der Waals surface area (Å²) in [6, 6.07) is 3.55. The monoisotopic (exact) mass is 322 g/mol. The molecule has 1 aliphatic rings. The fourth-order valence-electron chi connectivity index (χ4n) is 2.82. The number of carbonyl (C=O) groups is 2. The van der Waals surface area contributed by atoms with E-state index in [9.17, 15) is 9.59 Å². The van der Waals surface area contributed by atoms with Gasteiger partial charge in [-0.2, -0.15) is 0 Å². The number of likely N-dealkylation sites (tertiary alicyclic amines) is 1. The Hall–Kier alpha value is -1.36. The maximum Gasteiger partial charge on any atom is 0.264 e. The fourth-order valence-corrected chi connectivity index (χ4v) is 3.50. The van der Waals surface area contributed by atoms with Gasteiger partial charge in [-0.1, -0.05) is 19.9 Å². The van der Waals surface area contributed by atoms with E-state index in [4.69, 9.17) is 0 Å². The number of hydrogen-bond donors (Lipinski definition) is 1. The highest BCUT2D eigenvalue weighted by atomic mass is 32.1. The standard InChI is InChI=1S/C17H26N2O2S/c1-12(2)8-9-13(3)18-16(20)14-6-4-10-19(14)17(21)15-7-5-11-22-15/h5,7,11-14H,4,6,8-10H2,1-3H3,(H,18,20). The molecule has 0 bridgehead atoms. The maximum absolute atomic E-state index is 12.5. The number of hydrogen-bond acceptors (Lipinski definition) is 3. The van der Waals surface area contributed by atoms with Crippen LogP contribution < -0.4 is 5.32 Å². The third-order valence-electron chi connectivity index (χ3n) is 4.11. The first-order valence-corrected chi connectivity index (χ1v) is 9.02. The van der Waals surface area contributed by atoms with Gasteiger partial charge in [0, 0.05) is 12.6 Å². The van der Waals surface area contributed by atoms with Crippen molar-refractivity contribution >= 4 is 23.2 Å². The second kappa shape index (κ2) is 7.77. The number of amides is 2. The molecule has 1 aromatic rings.